The van der Waals surface area contributed by atoms with Crippen LogP contribution in [0, 0.1) is 0 Å². The molecular weight excluding hydrogens is 405 g/mol. The summed E-state index contributed by atoms with van der Waals surface area (Å²) in [6, 6.07) is 9.69. The van der Waals surface area contributed by atoms with Crippen molar-refractivity contribution in [3.63, 3.8) is 0 Å². The van der Waals surface area contributed by atoms with Crippen molar-refractivity contribution < 1.29 is 26.4 Å². The number of fused-ring (bicyclic) bond motifs is 1. The van der Waals surface area contributed by atoms with E-state index in [1.54, 1.807) is 17.0 Å². The third-order valence-electron chi connectivity index (χ3n) is 4.77. The van der Waals surface area contributed by atoms with Gasteiger partial charge in [-0.1, -0.05) is 30.3 Å². The second kappa shape index (κ2) is 8.16. The summed E-state index contributed by atoms with van der Waals surface area (Å²) in [4.78, 5) is 13.6. The average Bonchev–Trinajstić information content (AvgIpc) is 2.65. The van der Waals surface area contributed by atoms with Gasteiger partial charge in [-0.05, 0) is 42.2 Å². The number of amides is 1. The summed E-state index contributed by atoms with van der Waals surface area (Å²) in [6.07, 6.45) is -3.52. The number of alkyl halides is 3. The van der Waals surface area contributed by atoms with Gasteiger partial charge in [-0.15, -0.1) is 0 Å². The molecule has 0 radical (unpaired) electrons. The van der Waals surface area contributed by atoms with E-state index in [1.165, 1.54) is 12.1 Å². The lowest BCUT2D eigenvalue weighted by molar-refractivity contribution is -0.137. The van der Waals surface area contributed by atoms with Gasteiger partial charge < -0.3 is 4.90 Å². The number of sulfonamides is 1. The van der Waals surface area contributed by atoms with Gasteiger partial charge in [0.2, 0.25) is 15.9 Å². The number of carbonyl (C=O) groups excluding carboxylic acids is 1. The summed E-state index contributed by atoms with van der Waals surface area (Å²) in [7, 11) is -3.82. The summed E-state index contributed by atoms with van der Waals surface area (Å²) >= 11 is 0. The minimum atomic E-state index is -4.52. The smallest absolute Gasteiger partial charge is 0.312 e. The Hall–Kier alpha value is -2.39. The van der Waals surface area contributed by atoms with E-state index >= 15 is 0 Å². The quantitative estimate of drug-likeness (QED) is 0.767. The molecule has 1 N–H and O–H groups in total. The number of hydrogen-bond acceptors (Lipinski definition) is 3. The Kier molecular flexibility index (Phi) is 6.00. The fourth-order valence-corrected chi connectivity index (χ4v) is 4.48. The third-order valence-corrected chi connectivity index (χ3v) is 6.06. The van der Waals surface area contributed by atoms with Gasteiger partial charge in [0.05, 0.1) is 11.3 Å². The van der Waals surface area contributed by atoms with Gasteiger partial charge in [0, 0.05) is 25.2 Å². The molecule has 1 aliphatic heterocycles. The first-order valence-electron chi connectivity index (χ1n) is 9.14. The number of aryl methyl sites for hydroxylation is 1. The molecule has 0 saturated heterocycles. The van der Waals surface area contributed by atoms with Gasteiger partial charge in [-0.2, -0.15) is 13.2 Å². The van der Waals surface area contributed by atoms with Crippen molar-refractivity contribution in [2.24, 2.45) is 0 Å². The Morgan fingerprint density at radius 3 is 2.52 bits per heavy atom. The van der Waals surface area contributed by atoms with Gasteiger partial charge in [-0.3, -0.25) is 4.79 Å². The van der Waals surface area contributed by atoms with Gasteiger partial charge >= 0.3 is 6.18 Å². The molecule has 156 valence electrons. The van der Waals surface area contributed by atoms with Crippen LogP contribution in [0.2, 0.25) is 0 Å². The highest BCUT2D eigenvalue weighted by Gasteiger charge is 2.30. The molecule has 5 nitrogen and oxygen atoms in total. The normalized spacial score (nSPS) is 14.8. The number of halogens is 3. The second-order valence-corrected chi connectivity index (χ2v) is 8.69. The Balaban J connectivity index is 1.69. The Labute approximate surface area is 167 Å². The molecule has 1 aliphatic rings. The number of benzene rings is 2. The maximum absolute atomic E-state index is 12.8. The van der Waals surface area contributed by atoms with Crippen LogP contribution in [0.25, 0.3) is 0 Å². The van der Waals surface area contributed by atoms with E-state index in [9.17, 15) is 26.4 Å². The van der Waals surface area contributed by atoms with Crippen LogP contribution in [0.3, 0.4) is 0 Å². The van der Waals surface area contributed by atoms with E-state index in [0.717, 1.165) is 28.9 Å². The second-order valence-electron chi connectivity index (χ2n) is 6.88. The molecule has 0 bridgehead atoms. The molecular formula is C20H21F3N2O3S. The summed E-state index contributed by atoms with van der Waals surface area (Å²) < 4.78 is 65.5. The minimum Gasteiger partial charge on any atom is -0.312 e. The minimum absolute atomic E-state index is 0.0225. The maximum atomic E-state index is 12.8. The van der Waals surface area contributed by atoms with Crippen LogP contribution < -0.4 is 9.62 Å². The summed E-state index contributed by atoms with van der Waals surface area (Å²) in [6.45, 7) is 2.48. The maximum Gasteiger partial charge on any atom is 0.416 e. The molecule has 29 heavy (non-hydrogen) atoms. The fourth-order valence-electron chi connectivity index (χ4n) is 3.37. The zero-order valence-corrected chi connectivity index (χ0v) is 16.6. The van der Waals surface area contributed by atoms with E-state index in [2.05, 4.69) is 4.72 Å². The topological polar surface area (TPSA) is 66.5 Å². The van der Waals surface area contributed by atoms with E-state index in [4.69, 9.17) is 0 Å². The molecule has 0 saturated carbocycles. The van der Waals surface area contributed by atoms with Crippen molar-refractivity contribution in [1.29, 1.82) is 0 Å². The zero-order chi connectivity index (χ0) is 21.2. The lowest BCUT2D eigenvalue weighted by Crippen LogP contribution is -2.34. The fraction of sp³-hybridized carbons (Fsp3) is 0.350. The molecule has 2 aromatic rings. The molecule has 0 aromatic heterocycles. The zero-order valence-electron chi connectivity index (χ0n) is 15.8. The first-order valence-corrected chi connectivity index (χ1v) is 10.8. The Bertz CT molecular complexity index is 1020. The molecule has 1 amide bonds. The van der Waals surface area contributed by atoms with Crippen molar-refractivity contribution in [3.8, 4) is 0 Å². The number of carbonyl (C=O) groups is 1. The van der Waals surface area contributed by atoms with Crippen LogP contribution in [0.4, 0.5) is 18.9 Å². The van der Waals surface area contributed by atoms with Crippen molar-refractivity contribution in [2.75, 3.05) is 11.4 Å². The molecule has 0 spiro atoms. The molecule has 0 fully saturated rings. The van der Waals surface area contributed by atoms with Crippen LogP contribution >= 0.6 is 0 Å². The Morgan fingerprint density at radius 2 is 1.83 bits per heavy atom. The predicted molar refractivity (Wildman–Crippen MR) is 104 cm³/mol. The van der Waals surface area contributed by atoms with Crippen molar-refractivity contribution in [1.82, 2.24) is 4.72 Å². The summed E-state index contributed by atoms with van der Waals surface area (Å²) in [5, 5.41) is 0. The Morgan fingerprint density at radius 1 is 1.07 bits per heavy atom. The number of anilines is 1. The molecule has 1 heterocycles. The molecule has 0 unspecified atom stereocenters. The van der Waals surface area contributed by atoms with Gasteiger partial charge in [0.25, 0.3) is 0 Å². The lowest BCUT2D eigenvalue weighted by Gasteiger charge is -2.28. The number of nitrogens with one attached hydrogen (secondary N) is 1. The number of hydrogen-bond donors (Lipinski definition) is 1. The van der Waals surface area contributed by atoms with Crippen LogP contribution in [0.1, 0.15) is 35.6 Å². The van der Waals surface area contributed by atoms with Crippen molar-refractivity contribution >= 4 is 21.6 Å². The van der Waals surface area contributed by atoms with E-state index in [1.807, 2.05) is 13.0 Å². The van der Waals surface area contributed by atoms with Crippen molar-refractivity contribution in [2.45, 2.75) is 38.2 Å². The first kappa shape index (κ1) is 21.3. The monoisotopic (exact) mass is 426 g/mol. The molecule has 0 atom stereocenters. The SMILES string of the molecule is CCN1C(=O)CCc2cc(CNS(=O)(=O)Cc3cccc(C(F)(F)F)c3)ccc21. The molecule has 0 aliphatic carbocycles. The van der Waals surface area contributed by atoms with Gasteiger partial charge in [0.15, 0.2) is 0 Å². The van der Waals surface area contributed by atoms with Crippen molar-refractivity contribution in [3.05, 3.63) is 64.7 Å². The highest BCUT2D eigenvalue weighted by molar-refractivity contribution is 7.88. The summed E-state index contributed by atoms with van der Waals surface area (Å²) in [5.41, 5.74) is 1.71. The lowest BCUT2D eigenvalue weighted by atomic mass is 9.99. The molecule has 3 rings (SSSR count). The van der Waals surface area contributed by atoms with Crippen LogP contribution in [-0.2, 0) is 39.7 Å². The van der Waals surface area contributed by atoms with Crippen LogP contribution in [0.15, 0.2) is 42.5 Å². The predicted octanol–water partition coefficient (Wildman–Crippen LogP) is 3.62. The highest BCUT2D eigenvalue weighted by atomic mass is 32.2. The van der Waals surface area contributed by atoms with E-state index in [-0.39, 0.29) is 18.0 Å². The van der Waals surface area contributed by atoms with Gasteiger partial charge in [0.1, 0.15) is 0 Å². The third kappa shape index (κ3) is 5.16. The number of nitrogens with zero attached hydrogens (tertiary/aromatic N) is 1. The van der Waals surface area contributed by atoms with E-state index in [0.29, 0.717) is 19.4 Å². The highest BCUT2D eigenvalue weighted by Crippen LogP contribution is 2.30. The average molecular weight is 426 g/mol. The van der Waals surface area contributed by atoms with Crippen LogP contribution in [-0.4, -0.2) is 20.9 Å². The summed E-state index contributed by atoms with van der Waals surface area (Å²) in [5.74, 6) is -0.477. The first-order chi connectivity index (χ1) is 13.6. The largest absolute Gasteiger partial charge is 0.416 e. The molecule has 9 heteroatoms. The van der Waals surface area contributed by atoms with E-state index < -0.39 is 27.5 Å². The standard InChI is InChI=1S/C20H21F3N2O3S/c1-2-25-18-8-6-14(10-16(18)7-9-19(25)26)12-24-29(27,28)13-15-4-3-5-17(11-15)20(21,22)23/h3-6,8,10-11,24H,2,7,9,12-13H2,1H3. The van der Waals surface area contributed by atoms with Crippen LogP contribution in [0.5, 0.6) is 0 Å². The number of rotatable bonds is 6. The molecule has 2 aromatic carbocycles. The van der Waals surface area contributed by atoms with Gasteiger partial charge in [-0.25, -0.2) is 13.1 Å².